The number of furan rings is 1. The minimum absolute atomic E-state index is 0.000833. The third-order valence-electron chi connectivity index (χ3n) is 2.02. The molecule has 0 aliphatic carbocycles. The van der Waals surface area contributed by atoms with Gasteiger partial charge in [0.1, 0.15) is 11.8 Å². The summed E-state index contributed by atoms with van der Waals surface area (Å²) in [6.07, 6.45) is 1.61. The summed E-state index contributed by atoms with van der Waals surface area (Å²) in [5.74, 6) is 0.532. The maximum atomic E-state index is 11.1. The van der Waals surface area contributed by atoms with Gasteiger partial charge in [0.2, 0.25) is 0 Å². The first-order chi connectivity index (χ1) is 6.65. The zero-order valence-electron chi connectivity index (χ0n) is 8.61. The number of methoxy groups -OCH3 is 1. The average molecular weight is 197 g/mol. The number of carbonyl (C=O) groups is 1. The Morgan fingerprint density at radius 1 is 1.57 bits per heavy atom. The largest absolute Gasteiger partial charge is 0.468 e. The molecule has 0 aliphatic heterocycles. The highest BCUT2D eigenvalue weighted by Gasteiger charge is 2.17. The number of esters is 1. The van der Waals surface area contributed by atoms with E-state index in [1.807, 2.05) is 19.1 Å². The molecule has 0 spiro atoms. The molecule has 0 bridgehead atoms. The van der Waals surface area contributed by atoms with Crippen molar-refractivity contribution in [3.8, 4) is 0 Å². The molecule has 1 N–H and O–H groups in total. The van der Waals surface area contributed by atoms with E-state index in [2.05, 4.69) is 10.1 Å². The van der Waals surface area contributed by atoms with Crippen LogP contribution in [0.5, 0.6) is 0 Å². The molecule has 0 aliphatic rings. The molecule has 2 atom stereocenters. The number of carbonyl (C=O) groups excluding carboxylic acids is 1. The molecule has 1 unspecified atom stereocenters. The molecule has 4 heteroatoms. The maximum Gasteiger partial charge on any atom is 0.322 e. The lowest BCUT2D eigenvalue weighted by atomic mass is 10.2. The van der Waals surface area contributed by atoms with Crippen molar-refractivity contribution in [1.82, 2.24) is 5.32 Å². The monoisotopic (exact) mass is 197 g/mol. The molecule has 1 heterocycles. The van der Waals surface area contributed by atoms with Gasteiger partial charge in [0.15, 0.2) is 0 Å². The van der Waals surface area contributed by atoms with Crippen molar-refractivity contribution in [2.24, 2.45) is 0 Å². The Morgan fingerprint density at radius 3 is 2.79 bits per heavy atom. The molecule has 0 amide bonds. The quantitative estimate of drug-likeness (QED) is 0.743. The van der Waals surface area contributed by atoms with Crippen LogP contribution in [0.3, 0.4) is 0 Å². The Hall–Kier alpha value is -1.29. The minimum atomic E-state index is -0.333. The maximum absolute atomic E-state index is 11.1. The van der Waals surface area contributed by atoms with Crippen molar-refractivity contribution in [2.45, 2.75) is 25.9 Å². The predicted molar refractivity (Wildman–Crippen MR) is 51.7 cm³/mol. The molecule has 0 saturated heterocycles. The van der Waals surface area contributed by atoms with Crippen LogP contribution in [0.15, 0.2) is 22.8 Å². The van der Waals surface area contributed by atoms with E-state index in [0.29, 0.717) is 0 Å². The molecule has 1 aromatic heterocycles. The first-order valence-electron chi connectivity index (χ1n) is 4.52. The second-order valence-electron chi connectivity index (χ2n) is 3.15. The molecule has 0 fully saturated rings. The standard InChI is InChI=1S/C10H15NO3/c1-7(9-5-4-6-14-9)11-8(2)10(12)13-3/h4-8,11H,1-3H3/t7?,8-/m0/s1. The SMILES string of the molecule is COC(=O)[C@H](C)NC(C)c1ccco1. The van der Waals surface area contributed by atoms with Crippen molar-refractivity contribution in [1.29, 1.82) is 0 Å². The van der Waals surface area contributed by atoms with E-state index in [0.717, 1.165) is 5.76 Å². The highest BCUT2D eigenvalue weighted by atomic mass is 16.5. The molecular weight excluding hydrogens is 182 g/mol. The van der Waals surface area contributed by atoms with Crippen molar-refractivity contribution < 1.29 is 13.9 Å². The lowest BCUT2D eigenvalue weighted by molar-refractivity contribution is -0.142. The lowest BCUT2D eigenvalue weighted by Gasteiger charge is -2.16. The van der Waals surface area contributed by atoms with Gasteiger partial charge in [-0.25, -0.2) is 0 Å². The fraction of sp³-hybridized carbons (Fsp3) is 0.500. The molecule has 1 rings (SSSR count). The molecular formula is C10H15NO3. The number of hydrogen-bond acceptors (Lipinski definition) is 4. The van der Waals surface area contributed by atoms with E-state index >= 15 is 0 Å². The Balaban J connectivity index is 2.49. The molecule has 0 radical (unpaired) electrons. The summed E-state index contributed by atoms with van der Waals surface area (Å²) in [6, 6.07) is 3.34. The van der Waals surface area contributed by atoms with E-state index in [9.17, 15) is 4.79 Å². The lowest BCUT2D eigenvalue weighted by Crippen LogP contribution is -2.36. The van der Waals surface area contributed by atoms with Crippen LogP contribution in [-0.2, 0) is 9.53 Å². The van der Waals surface area contributed by atoms with Gasteiger partial charge in [0, 0.05) is 0 Å². The minimum Gasteiger partial charge on any atom is -0.468 e. The smallest absolute Gasteiger partial charge is 0.322 e. The predicted octanol–water partition coefficient (Wildman–Crippen LogP) is 1.49. The third-order valence-corrected chi connectivity index (χ3v) is 2.02. The summed E-state index contributed by atoms with van der Waals surface area (Å²) in [7, 11) is 1.37. The van der Waals surface area contributed by atoms with Crippen LogP contribution in [0.4, 0.5) is 0 Å². The summed E-state index contributed by atoms with van der Waals surface area (Å²) in [5, 5.41) is 3.06. The Kier molecular flexibility index (Phi) is 3.71. The number of ether oxygens (including phenoxy) is 1. The van der Waals surface area contributed by atoms with Gasteiger partial charge in [-0.1, -0.05) is 0 Å². The van der Waals surface area contributed by atoms with Gasteiger partial charge in [0.05, 0.1) is 19.4 Å². The third kappa shape index (κ3) is 2.60. The molecule has 1 aromatic rings. The number of nitrogens with one attached hydrogen (secondary N) is 1. The summed E-state index contributed by atoms with van der Waals surface area (Å²) in [6.45, 7) is 3.68. The van der Waals surface area contributed by atoms with E-state index in [1.54, 1.807) is 13.2 Å². The summed E-state index contributed by atoms with van der Waals surface area (Å²) in [5.41, 5.74) is 0. The average Bonchev–Trinajstić information content (AvgIpc) is 2.69. The Bertz CT molecular complexity index is 282. The normalized spacial score (nSPS) is 14.8. The Labute approximate surface area is 83.2 Å². The van der Waals surface area contributed by atoms with Crippen LogP contribution in [0.2, 0.25) is 0 Å². The van der Waals surface area contributed by atoms with Gasteiger partial charge in [-0.05, 0) is 26.0 Å². The van der Waals surface area contributed by atoms with E-state index in [1.165, 1.54) is 7.11 Å². The van der Waals surface area contributed by atoms with E-state index in [4.69, 9.17) is 4.42 Å². The topological polar surface area (TPSA) is 51.5 Å². The van der Waals surface area contributed by atoms with Gasteiger partial charge in [0.25, 0.3) is 0 Å². The van der Waals surface area contributed by atoms with Crippen molar-refractivity contribution in [3.05, 3.63) is 24.2 Å². The molecule has 0 saturated carbocycles. The zero-order chi connectivity index (χ0) is 10.6. The van der Waals surface area contributed by atoms with Gasteiger partial charge in [-0.15, -0.1) is 0 Å². The van der Waals surface area contributed by atoms with Crippen molar-refractivity contribution in [3.63, 3.8) is 0 Å². The van der Waals surface area contributed by atoms with Gasteiger partial charge < -0.3 is 9.15 Å². The number of hydrogen-bond donors (Lipinski definition) is 1. The van der Waals surface area contributed by atoms with E-state index in [-0.39, 0.29) is 18.1 Å². The molecule has 0 aromatic carbocycles. The molecule has 14 heavy (non-hydrogen) atoms. The second kappa shape index (κ2) is 4.81. The van der Waals surface area contributed by atoms with Gasteiger partial charge >= 0.3 is 5.97 Å². The summed E-state index contributed by atoms with van der Waals surface area (Å²) in [4.78, 5) is 11.1. The summed E-state index contributed by atoms with van der Waals surface area (Å²) < 4.78 is 9.79. The Morgan fingerprint density at radius 2 is 2.29 bits per heavy atom. The first kappa shape index (κ1) is 10.8. The van der Waals surface area contributed by atoms with Crippen LogP contribution in [-0.4, -0.2) is 19.1 Å². The van der Waals surface area contributed by atoms with Crippen molar-refractivity contribution >= 4 is 5.97 Å². The van der Waals surface area contributed by atoms with Crippen molar-refractivity contribution in [2.75, 3.05) is 7.11 Å². The van der Waals surface area contributed by atoms with Crippen LogP contribution < -0.4 is 5.32 Å². The fourth-order valence-corrected chi connectivity index (χ4v) is 1.24. The molecule has 4 nitrogen and oxygen atoms in total. The molecule has 78 valence electrons. The number of rotatable bonds is 4. The van der Waals surface area contributed by atoms with Crippen LogP contribution in [0.25, 0.3) is 0 Å². The van der Waals surface area contributed by atoms with E-state index < -0.39 is 0 Å². The highest BCUT2D eigenvalue weighted by molar-refractivity contribution is 5.75. The summed E-state index contributed by atoms with van der Waals surface area (Å²) >= 11 is 0. The second-order valence-corrected chi connectivity index (χ2v) is 3.15. The van der Waals surface area contributed by atoms with Crippen LogP contribution >= 0.6 is 0 Å². The van der Waals surface area contributed by atoms with Crippen LogP contribution in [0.1, 0.15) is 25.6 Å². The first-order valence-corrected chi connectivity index (χ1v) is 4.52. The van der Waals surface area contributed by atoms with Gasteiger partial charge in [-0.2, -0.15) is 0 Å². The van der Waals surface area contributed by atoms with Gasteiger partial charge in [-0.3, -0.25) is 10.1 Å². The van der Waals surface area contributed by atoms with Crippen LogP contribution in [0, 0.1) is 0 Å². The zero-order valence-corrected chi connectivity index (χ0v) is 8.61. The fourth-order valence-electron chi connectivity index (χ4n) is 1.24. The highest BCUT2D eigenvalue weighted by Crippen LogP contribution is 2.12.